The third-order valence-electron chi connectivity index (χ3n) is 4.68. The first-order valence-corrected chi connectivity index (χ1v) is 13.3. The average molecular weight is 549 g/mol. The fraction of sp³-hybridized carbons (Fsp3) is 0.680. The number of imidazole rings is 1. The number of alkyl carbamates (subject to hydrolysis) is 2. The fourth-order valence-corrected chi connectivity index (χ4v) is 3.08. The van der Waals surface area contributed by atoms with Crippen molar-refractivity contribution in [1.82, 2.24) is 35.1 Å². The monoisotopic (exact) mass is 548 g/mol. The Kier molecular flexibility index (Phi) is 12.5. The summed E-state index contributed by atoms with van der Waals surface area (Å²) in [5.74, 6) is 1.27. The molecule has 14 heteroatoms. The number of hydrogen-bond acceptors (Lipinski definition) is 11. The van der Waals surface area contributed by atoms with E-state index in [-0.39, 0.29) is 0 Å². The van der Waals surface area contributed by atoms with Gasteiger partial charge in [0.25, 0.3) is 0 Å². The molecule has 39 heavy (non-hydrogen) atoms. The molecule has 0 fully saturated rings. The van der Waals surface area contributed by atoms with Gasteiger partial charge in [0.05, 0.1) is 6.33 Å². The van der Waals surface area contributed by atoms with Gasteiger partial charge in [-0.25, -0.2) is 14.6 Å². The Hall–Kier alpha value is -3.84. The smallest absolute Gasteiger partial charge is 0.407 e. The van der Waals surface area contributed by atoms with Crippen molar-refractivity contribution in [3.05, 3.63) is 18.7 Å². The van der Waals surface area contributed by atoms with Crippen molar-refractivity contribution in [1.29, 1.82) is 0 Å². The van der Waals surface area contributed by atoms with E-state index in [2.05, 4.69) is 46.5 Å². The molecule has 5 N–H and O–H groups in total. The van der Waals surface area contributed by atoms with Crippen molar-refractivity contribution in [2.75, 3.05) is 48.7 Å². The van der Waals surface area contributed by atoms with Crippen molar-refractivity contribution in [2.24, 2.45) is 0 Å². The number of anilines is 3. The van der Waals surface area contributed by atoms with E-state index in [0.29, 0.717) is 63.4 Å². The molecule has 0 bridgehead atoms. The number of hydrogen-bond donors (Lipinski definition) is 5. The van der Waals surface area contributed by atoms with Gasteiger partial charge in [0.1, 0.15) is 11.2 Å². The van der Waals surface area contributed by atoms with Crippen LogP contribution in [0.4, 0.5) is 27.4 Å². The number of carbonyl (C=O) groups is 2. The Morgan fingerprint density at radius 1 is 0.718 bits per heavy atom. The van der Waals surface area contributed by atoms with Crippen molar-refractivity contribution < 1.29 is 19.1 Å². The second-order valence-corrected chi connectivity index (χ2v) is 10.8. The molecule has 0 radical (unpaired) electrons. The Balaban J connectivity index is 1.83. The molecular formula is C25H44N10O4. The molecule has 2 amide bonds. The zero-order valence-electron chi connectivity index (χ0n) is 24.0. The molecule has 0 saturated carbocycles. The minimum atomic E-state index is -0.537. The highest BCUT2D eigenvalue weighted by molar-refractivity contribution is 5.67. The van der Waals surface area contributed by atoms with E-state index in [1.54, 1.807) is 12.5 Å². The predicted molar refractivity (Wildman–Crippen MR) is 150 cm³/mol. The van der Waals surface area contributed by atoms with Gasteiger partial charge in [-0.3, -0.25) is 0 Å². The number of rotatable bonds is 15. The maximum Gasteiger partial charge on any atom is 0.407 e. The van der Waals surface area contributed by atoms with Crippen LogP contribution in [0.25, 0.3) is 0 Å². The molecule has 2 aromatic heterocycles. The molecule has 2 rings (SSSR count). The summed E-state index contributed by atoms with van der Waals surface area (Å²) in [4.78, 5) is 41.0. The van der Waals surface area contributed by atoms with Crippen molar-refractivity contribution in [3.63, 3.8) is 0 Å². The van der Waals surface area contributed by atoms with E-state index in [0.717, 1.165) is 13.0 Å². The minimum Gasteiger partial charge on any atom is -0.444 e. The van der Waals surface area contributed by atoms with Crippen LogP contribution in [0, 0.1) is 0 Å². The Bertz CT molecular complexity index is 947. The zero-order valence-corrected chi connectivity index (χ0v) is 24.0. The van der Waals surface area contributed by atoms with Crippen LogP contribution in [0.5, 0.6) is 0 Å². The first-order valence-electron chi connectivity index (χ1n) is 13.3. The number of nitrogens with one attached hydrogen (secondary N) is 5. The Morgan fingerprint density at radius 2 is 1.15 bits per heavy atom. The summed E-state index contributed by atoms with van der Waals surface area (Å²) < 4.78 is 12.5. The summed E-state index contributed by atoms with van der Waals surface area (Å²) >= 11 is 0. The maximum atomic E-state index is 11.8. The highest BCUT2D eigenvalue weighted by atomic mass is 16.6. The number of amides is 2. The van der Waals surface area contributed by atoms with Crippen LogP contribution in [-0.4, -0.2) is 80.6 Å². The molecule has 14 nitrogen and oxygen atoms in total. The number of aromatic nitrogens is 5. The lowest BCUT2D eigenvalue weighted by Crippen LogP contribution is -2.33. The lowest BCUT2D eigenvalue weighted by Gasteiger charge is -2.19. The third-order valence-corrected chi connectivity index (χ3v) is 4.68. The lowest BCUT2D eigenvalue weighted by molar-refractivity contribution is 0.0516. The van der Waals surface area contributed by atoms with Gasteiger partial charge in [-0.2, -0.15) is 15.0 Å². The van der Waals surface area contributed by atoms with Crippen molar-refractivity contribution in [3.8, 4) is 0 Å². The molecule has 0 aliphatic rings. The summed E-state index contributed by atoms with van der Waals surface area (Å²) in [5, 5.41) is 15.1. The van der Waals surface area contributed by atoms with Crippen LogP contribution in [0.15, 0.2) is 18.7 Å². The van der Waals surface area contributed by atoms with Gasteiger partial charge in [-0.05, 0) is 60.8 Å². The van der Waals surface area contributed by atoms with Gasteiger partial charge in [0.15, 0.2) is 0 Å². The molecule has 2 heterocycles. The largest absolute Gasteiger partial charge is 0.444 e. The van der Waals surface area contributed by atoms with E-state index in [1.807, 2.05) is 52.3 Å². The third kappa shape index (κ3) is 15.2. The van der Waals surface area contributed by atoms with Crippen LogP contribution in [0.2, 0.25) is 0 Å². The first kappa shape index (κ1) is 31.4. The van der Waals surface area contributed by atoms with E-state index in [1.165, 1.54) is 0 Å². The normalized spacial score (nSPS) is 11.4. The highest BCUT2D eigenvalue weighted by Gasteiger charge is 2.16. The van der Waals surface area contributed by atoms with Crippen LogP contribution < -0.4 is 26.6 Å². The Morgan fingerprint density at radius 3 is 1.54 bits per heavy atom. The molecule has 2 aromatic rings. The van der Waals surface area contributed by atoms with Crippen LogP contribution in [-0.2, 0) is 16.0 Å². The molecule has 0 atom stereocenters. The van der Waals surface area contributed by atoms with E-state index in [9.17, 15) is 9.59 Å². The standard InChI is InChI=1S/C25H44N10O4/c1-24(2,3)38-22(36)30-12-7-10-27-19-32-20(28-11-8-13-31-23(37)39-25(4,5)6)34-21(33-19)29-14-9-16-35-17-15-26-18-35/h15,17-18H,7-14,16H2,1-6H3,(H,30,36)(H,31,37)(H3,27,28,29,32,33,34). The lowest BCUT2D eigenvalue weighted by atomic mass is 10.2. The first-order chi connectivity index (χ1) is 18.4. The summed E-state index contributed by atoms with van der Waals surface area (Å²) in [7, 11) is 0. The van der Waals surface area contributed by atoms with E-state index >= 15 is 0 Å². The van der Waals surface area contributed by atoms with E-state index < -0.39 is 23.4 Å². The van der Waals surface area contributed by atoms with Crippen LogP contribution in [0.3, 0.4) is 0 Å². The average Bonchev–Trinajstić information content (AvgIpc) is 3.33. The summed E-state index contributed by atoms with van der Waals surface area (Å²) in [6.07, 6.45) is 6.72. The quantitative estimate of drug-likeness (QED) is 0.207. The number of carbonyl (C=O) groups excluding carboxylic acids is 2. The van der Waals surface area contributed by atoms with Crippen molar-refractivity contribution >= 4 is 30.0 Å². The zero-order chi connectivity index (χ0) is 28.7. The van der Waals surface area contributed by atoms with Crippen molar-refractivity contribution in [2.45, 2.75) is 78.6 Å². The van der Waals surface area contributed by atoms with Gasteiger partial charge in [-0.15, -0.1) is 0 Å². The van der Waals surface area contributed by atoms with Crippen LogP contribution >= 0.6 is 0 Å². The van der Waals surface area contributed by atoms with Gasteiger partial charge in [-0.1, -0.05) is 0 Å². The fourth-order valence-electron chi connectivity index (χ4n) is 3.08. The molecule has 0 aromatic carbocycles. The number of aryl methyl sites for hydroxylation is 1. The van der Waals surface area contributed by atoms with E-state index in [4.69, 9.17) is 9.47 Å². The highest BCUT2D eigenvalue weighted by Crippen LogP contribution is 2.10. The second kappa shape index (κ2) is 15.5. The maximum absolute atomic E-state index is 11.8. The minimum absolute atomic E-state index is 0.411. The van der Waals surface area contributed by atoms with Crippen LogP contribution in [0.1, 0.15) is 60.8 Å². The van der Waals surface area contributed by atoms with Gasteiger partial charge >= 0.3 is 12.2 Å². The number of ether oxygens (including phenoxy) is 2. The second-order valence-electron chi connectivity index (χ2n) is 10.8. The Labute approximate surface area is 230 Å². The summed E-state index contributed by atoms with van der Waals surface area (Å²) in [6, 6.07) is 0. The summed E-state index contributed by atoms with van der Waals surface area (Å²) in [6.45, 7) is 14.4. The molecule has 0 aliphatic heterocycles. The molecule has 0 saturated heterocycles. The molecule has 218 valence electrons. The van der Waals surface area contributed by atoms with Gasteiger partial charge < -0.3 is 40.6 Å². The predicted octanol–water partition coefficient (Wildman–Crippen LogP) is 3.22. The summed E-state index contributed by atoms with van der Waals surface area (Å²) in [5.41, 5.74) is -1.07. The molecule has 0 aliphatic carbocycles. The van der Waals surface area contributed by atoms with Gasteiger partial charge in [0.2, 0.25) is 17.8 Å². The number of nitrogens with zero attached hydrogens (tertiary/aromatic N) is 5. The molecule has 0 spiro atoms. The molecule has 0 unspecified atom stereocenters. The molecular weight excluding hydrogens is 504 g/mol. The topological polar surface area (TPSA) is 169 Å². The van der Waals surface area contributed by atoms with Gasteiger partial charge in [0, 0.05) is 51.7 Å². The SMILES string of the molecule is CC(C)(C)OC(=O)NCCCNc1nc(NCCCNC(=O)OC(C)(C)C)nc(NCCCn2ccnc2)n1.